The number of allylic oxidation sites excluding steroid dienone is 2. The van der Waals surface area contributed by atoms with Gasteiger partial charge in [0.25, 0.3) is 0 Å². The van der Waals surface area contributed by atoms with Crippen molar-refractivity contribution in [1.82, 2.24) is 0 Å². The molecule has 0 spiro atoms. The van der Waals surface area contributed by atoms with Gasteiger partial charge in [-0.1, -0.05) is 42.2 Å². The molecule has 74 valence electrons. The second kappa shape index (κ2) is 3.17. The Hall–Kier alpha value is -1.68. The number of hydrogen-bond acceptors (Lipinski definition) is 1. The summed E-state index contributed by atoms with van der Waals surface area (Å²) < 4.78 is 0. The highest BCUT2D eigenvalue weighted by atomic mass is 15.1. The van der Waals surface area contributed by atoms with Crippen LogP contribution in [-0.2, 0) is 0 Å². The van der Waals surface area contributed by atoms with Crippen LogP contribution in [0.5, 0.6) is 0 Å². The summed E-state index contributed by atoms with van der Waals surface area (Å²) in [4.78, 5) is 2.28. The maximum absolute atomic E-state index is 3.25. The zero-order valence-corrected chi connectivity index (χ0v) is 8.72. The smallest absolute Gasteiger partial charge is 0.105 e. The van der Waals surface area contributed by atoms with Crippen LogP contribution in [0.4, 0.5) is 5.69 Å². The van der Waals surface area contributed by atoms with E-state index in [-0.39, 0.29) is 0 Å². The number of para-hydroxylation sites is 1. The first-order chi connectivity index (χ1) is 7.36. The van der Waals surface area contributed by atoms with E-state index in [1.54, 1.807) is 0 Å². The summed E-state index contributed by atoms with van der Waals surface area (Å²) in [7, 11) is 2.13. The first-order valence-corrected chi connectivity index (χ1v) is 5.33. The average molecular weight is 195 g/mol. The largest absolute Gasteiger partial charge is 0.360 e. The van der Waals surface area contributed by atoms with Gasteiger partial charge in [0.05, 0.1) is 5.92 Å². The average Bonchev–Trinajstić information content (AvgIpc) is 3.02. The number of anilines is 1. The van der Waals surface area contributed by atoms with Gasteiger partial charge in [-0.15, -0.1) is 0 Å². The third-order valence-electron chi connectivity index (χ3n) is 3.15. The molecule has 0 saturated heterocycles. The fourth-order valence-corrected chi connectivity index (χ4v) is 2.03. The number of hydrogen-bond donors (Lipinski definition) is 0. The summed E-state index contributed by atoms with van der Waals surface area (Å²) in [6.45, 7) is 0. The topological polar surface area (TPSA) is 3.24 Å². The highest BCUT2D eigenvalue weighted by Crippen LogP contribution is 2.35. The molecule has 2 aliphatic rings. The number of rotatable bonds is 3. The lowest BCUT2D eigenvalue weighted by Gasteiger charge is -2.34. The SMILES string of the molecule is CN(c1ccccc1)C1C#CC1C1C=C1. The summed E-state index contributed by atoms with van der Waals surface area (Å²) in [5.41, 5.74) is 1.25. The zero-order chi connectivity index (χ0) is 10.3. The quantitative estimate of drug-likeness (QED) is 0.528. The molecule has 2 aliphatic carbocycles. The van der Waals surface area contributed by atoms with Gasteiger partial charge in [-0.2, -0.15) is 0 Å². The molecular formula is C14H13N. The molecule has 0 radical (unpaired) electrons. The molecule has 1 aromatic carbocycles. The van der Waals surface area contributed by atoms with E-state index >= 15 is 0 Å². The highest BCUT2D eigenvalue weighted by molar-refractivity contribution is 5.52. The van der Waals surface area contributed by atoms with Crippen molar-refractivity contribution in [3.63, 3.8) is 0 Å². The Morgan fingerprint density at radius 3 is 2.33 bits per heavy atom. The van der Waals surface area contributed by atoms with Gasteiger partial charge in [0.1, 0.15) is 6.04 Å². The van der Waals surface area contributed by atoms with Crippen molar-refractivity contribution in [3.05, 3.63) is 42.5 Å². The van der Waals surface area contributed by atoms with Gasteiger partial charge >= 0.3 is 0 Å². The molecular weight excluding hydrogens is 182 g/mol. The first-order valence-electron chi connectivity index (χ1n) is 5.33. The molecule has 2 atom stereocenters. The highest BCUT2D eigenvalue weighted by Gasteiger charge is 2.36. The molecule has 3 rings (SSSR count). The van der Waals surface area contributed by atoms with Crippen LogP contribution in [0.25, 0.3) is 0 Å². The van der Waals surface area contributed by atoms with Crippen LogP contribution >= 0.6 is 0 Å². The lowest BCUT2D eigenvalue weighted by Crippen LogP contribution is -2.42. The predicted molar refractivity (Wildman–Crippen MR) is 62.5 cm³/mol. The van der Waals surface area contributed by atoms with Gasteiger partial charge in [-0.05, 0) is 12.1 Å². The van der Waals surface area contributed by atoms with Crippen LogP contribution in [0.15, 0.2) is 42.5 Å². The molecule has 0 N–H and O–H groups in total. The first kappa shape index (κ1) is 8.61. The van der Waals surface area contributed by atoms with Crippen molar-refractivity contribution in [3.8, 4) is 11.8 Å². The van der Waals surface area contributed by atoms with Crippen molar-refractivity contribution >= 4 is 5.69 Å². The van der Waals surface area contributed by atoms with E-state index in [0.717, 1.165) is 0 Å². The van der Waals surface area contributed by atoms with Crippen LogP contribution in [0.1, 0.15) is 0 Å². The van der Waals surface area contributed by atoms with Gasteiger partial charge in [-0.3, -0.25) is 0 Å². The fraction of sp³-hybridized carbons (Fsp3) is 0.286. The Bertz CT molecular complexity index is 443. The van der Waals surface area contributed by atoms with Crippen molar-refractivity contribution in [2.45, 2.75) is 6.04 Å². The molecule has 1 nitrogen and oxygen atoms in total. The van der Waals surface area contributed by atoms with E-state index in [4.69, 9.17) is 0 Å². The van der Waals surface area contributed by atoms with Gasteiger partial charge in [-0.25, -0.2) is 0 Å². The Balaban J connectivity index is 1.76. The molecule has 0 bridgehead atoms. The number of nitrogens with zero attached hydrogens (tertiary/aromatic N) is 1. The Kier molecular flexibility index (Phi) is 1.82. The fourth-order valence-electron chi connectivity index (χ4n) is 2.03. The van der Waals surface area contributed by atoms with Crippen LogP contribution < -0.4 is 4.90 Å². The normalized spacial score (nSPS) is 26.5. The van der Waals surface area contributed by atoms with E-state index in [2.05, 4.69) is 60.2 Å². The molecule has 0 saturated carbocycles. The molecule has 0 amide bonds. The maximum atomic E-state index is 3.25. The predicted octanol–water partition coefficient (Wildman–Crippen LogP) is 2.31. The molecule has 0 fully saturated rings. The third kappa shape index (κ3) is 1.43. The molecule has 1 aromatic rings. The van der Waals surface area contributed by atoms with E-state index in [1.165, 1.54) is 5.69 Å². The molecule has 15 heavy (non-hydrogen) atoms. The molecule has 1 heteroatoms. The van der Waals surface area contributed by atoms with Gasteiger partial charge in [0.2, 0.25) is 0 Å². The second-order valence-electron chi connectivity index (χ2n) is 4.17. The van der Waals surface area contributed by atoms with E-state index in [9.17, 15) is 0 Å². The summed E-state index contributed by atoms with van der Waals surface area (Å²) in [6, 6.07) is 10.9. The van der Waals surface area contributed by atoms with E-state index in [0.29, 0.717) is 17.9 Å². The molecule has 0 aliphatic heterocycles. The number of benzene rings is 1. The minimum atomic E-state index is 0.396. The maximum Gasteiger partial charge on any atom is 0.105 e. The van der Waals surface area contributed by atoms with Crippen LogP contribution in [0.3, 0.4) is 0 Å². The minimum absolute atomic E-state index is 0.396. The summed E-state index contributed by atoms with van der Waals surface area (Å²) >= 11 is 0. The third-order valence-corrected chi connectivity index (χ3v) is 3.15. The zero-order valence-electron chi connectivity index (χ0n) is 8.72. The summed E-state index contributed by atoms with van der Waals surface area (Å²) in [5.74, 6) is 7.67. The summed E-state index contributed by atoms with van der Waals surface area (Å²) in [6.07, 6.45) is 4.48. The van der Waals surface area contributed by atoms with Gasteiger partial charge < -0.3 is 4.90 Å². The Morgan fingerprint density at radius 2 is 1.80 bits per heavy atom. The molecule has 0 aromatic heterocycles. The van der Waals surface area contributed by atoms with Crippen molar-refractivity contribution < 1.29 is 0 Å². The van der Waals surface area contributed by atoms with Crippen LogP contribution in [0.2, 0.25) is 0 Å². The minimum Gasteiger partial charge on any atom is -0.360 e. The molecule has 2 unspecified atom stereocenters. The standard InChI is InChI=1S/C14H13N/c1-15(12-5-3-2-4-6-12)14-10-9-13(14)11-7-8-11/h2-8,11,13-14H,1H3. The van der Waals surface area contributed by atoms with Crippen LogP contribution in [0, 0.1) is 23.7 Å². The van der Waals surface area contributed by atoms with Crippen molar-refractivity contribution in [2.75, 3.05) is 11.9 Å². The van der Waals surface area contributed by atoms with Crippen LogP contribution in [-0.4, -0.2) is 13.1 Å². The van der Waals surface area contributed by atoms with Gasteiger partial charge in [0.15, 0.2) is 0 Å². The summed E-state index contributed by atoms with van der Waals surface area (Å²) in [5, 5.41) is 0. The van der Waals surface area contributed by atoms with Gasteiger partial charge in [0, 0.05) is 18.7 Å². The second-order valence-corrected chi connectivity index (χ2v) is 4.17. The van der Waals surface area contributed by atoms with E-state index < -0.39 is 0 Å². The lowest BCUT2D eigenvalue weighted by atomic mass is 9.85. The van der Waals surface area contributed by atoms with E-state index in [1.807, 2.05) is 6.07 Å². The monoisotopic (exact) mass is 195 g/mol. The molecule has 0 heterocycles. The van der Waals surface area contributed by atoms with Crippen molar-refractivity contribution in [1.29, 1.82) is 0 Å². The Labute approximate surface area is 90.4 Å². The lowest BCUT2D eigenvalue weighted by molar-refractivity contribution is 0.518. The van der Waals surface area contributed by atoms with Crippen molar-refractivity contribution in [2.24, 2.45) is 11.8 Å². The Morgan fingerprint density at radius 1 is 1.07 bits per heavy atom.